The monoisotopic (exact) mass is 289 g/mol. The maximum atomic E-state index is 12.6. The topological polar surface area (TPSA) is 54.0 Å². The van der Waals surface area contributed by atoms with Crippen LogP contribution >= 0.6 is 0 Å². The number of aromatic nitrogens is 1. The first kappa shape index (κ1) is 16.0. The predicted octanol–water partition coefficient (Wildman–Crippen LogP) is 2.29. The quantitative estimate of drug-likeness (QED) is 0.874. The van der Waals surface area contributed by atoms with Crippen LogP contribution in [-0.4, -0.2) is 24.0 Å². The summed E-state index contributed by atoms with van der Waals surface area (Å²) in [6, 6.07) is 4.02. The Bertz CT molecular complexity index is 479. The van der Waals surface area contributed by atoms with E-state index >= 15 is 0 Å². The van der Waals surface area contributed by atoms with Crippen molar-refractivity contribution in [2.75, 3.05) is 13.1 Å². The molecule has 4 heteroatoms. The van der Waals surface area contributed by atoms with Gasteiger partial charge in [-0.05, 0) is 49.9 Å². The van der Waals surface area contributed by atoms with E-state index in [1.54, 1.807) is 6.20 Å². The third-order valence-corrected chi connectivity index (χ3v) is 4.68. The first-order valence-electron chi connectivity index (χ1n) is 7.97. The van der Waals surface area contributed by atoms with Gasteiger partial charge in [-0.2, -0.15) is 0 Å². The second-order valence-electron chi connectivity index (χ2n) is 6.41. The summed E-state index contributed by atoms with van der Waals surface area (Å²) >= 11 is 0. The van der Waals surface area contributed by atoms with Gasteiger partial charge in [-0.25, -0.2) is 0 Å². The molecule has 1 amide bonds. The van der Waals surface area contributed by atoms with Crippen LogP contribution < -0.4 is 10.6 Å². The summed E-state index contributed by atoms with van der Waals surface area (Å²) < 4.78 is 0. The number of carbonyl (C=O) groups excluding carboxylic acids is 1. The normalized spacial score (nSPS) is 19.3. The summed E-state index contributed by atoms with van der Waals surface area (Å²) in [5.41, 5.74) is 1.84. The van der Waals surface area contributed by atoms with Crippen molar-refractivity contribution in [1.29, 1.82) is 0 Å². The van der Waals surface area contributed by atoms with E-state index in [0.29, 0.717) is 12.5 Å². The van der Waals surface area contributed by atoms with E-state index in [2.05, 4.69) is 42.5 Å². The third kappa shape index (κ3) is 3.82. The lowest BCUT2D eigenvalue weighted by Gasteiger charge is -2.36. The molecular formula is C17H27N3O. The van der Waals surface area contributed by atoms with Gasteiger partial charge in [-0.1, -0.05) is 26.8 Å². The Labute approximate surface area is 127 Å². The van der Waals surface area contributed by atoms with Crippen LogP contribution in [0.4, 0.5) is 0 Å². The summed E-state index contributed by atoms with van der Waals surface area (Å²) in [6.07, 6.45) is 5.00. The minimum absolute atomic E-state index is 0.129. The lowest BCUT2D eigenvalue weighted by Crippen LogP contribution is -2.47. The van der Waals surface area contributed by atoms with Crippen molar-refractivity contribution < 1.29 is 4.79 Å². The SMILES string of the molecule is CCc1cccnc1CNC(=O)C(C)(C)C1CCCNC1. The number of amides is 1. The van der Waals surface area contributed by atoms with Crippen molar-refractivity contribution in [3.05, 3.63) is 29.6 Å². The minimum Gasteiger partial charge on any atom is -0.350 e. The highest BCUT2D eigenvalue weighted by Gasteiger charge is 2.37. The fourth-order valence-corrected chi connectivity index (χ4v) is 3.00. The molecule has 1 aromatic heterocycles. The maximum Gasteiger partial charge on any atom is 0.226 e. The maximum absolute atomic E-state index is 12.6. The van der Waals surface area contributed by atoms with E-state index in [1.807, 2.05) is 6.07 Å². The number of rotatable bonds is 5. The molecule has 116 valence electrons. The number of nitrogens with zero attached hydrogens (tertiary/aromatic N) is 1. The molecule has 1 aromatic rings. The Morgan fingerprint density at radius 3 is 3.00 bits per heavy atom. The number of hydrogen-bond donors (Lipinski definition) is 2. The van der Waals surface area contributed by atoms with Crippen LogP contribution in [0.15, 0.2) is 18.3 Å². The zero-order valence-electron chi connectivity index (χ0n) is 13.4. The van der Waals surface area contributed by atoms with Crippen molar-refractivity contribution in [3.63, 3.8) is 0 Å². The standard InChI is InChI=1S/C17H27N3O/c1-4-13-7-5-10-19-15(13)12-20-16(21)17(2,3)14-8-6-9-18-11-14/h5,7,10,14,18H,4,6,8-9,11-12H2,1-3H3,(H,20,21). The molecule has 1 aliphatic rings. The lowest BCUT2D eigenvalue weighted by molar-refractivity contribution is -0.132. The van der Waals surface area contributed by atoms with Gasteiger partial charge in [-0.3, -0.25) is 9.78 Å². The Morgan fingerprint density at radius 2 is 2.33 bits per heavy atom. The van der Waals surface area contributed by atoms with E-state index in [1.165, 1.54) is 5.56 Å². The van der Waals surface area contributed by atoms with Gasteiger partial charge in [0.1, 0.15) is 0 Å². The van der Waals surface area contributed by atoms with Gasteiger partial charge in [0.05, 0.1) is 12.2 Å². The molecule has 0 bridgehead atoms. The van der Waals surface area contributed by atoms with E-state index < -0.39 is 0 Å². The molecule has 0 aliphatic carbocycles. The second kappa shape index (κ2) is 7.03. The molecular weight excluding hydrogens is 262 g/mol. The molecule has 2 N–H and O–H groups in total. The van der Waals surface area contributed by atoms with E-state index in [4.69, 9.17) is 0 Å². The first-order chi connectivity index (χ1) is 10.1. The average Bonchev–Trinajstić information content (AvgIpc) is 2.53. The van der Waals surface area contributed by atoms with Crippen LogP contribution in [0, 0.1) is 11.3 Å². The van der Waals surface area contributed by atoms with Crippen LogP contribution in [0.5, 0.6) is 0 Å². The van der Waals surface area contributed by atoms with Gasteiger partial charge in [0.15, 0.2) is 0 Å². The van der Waals surface area contributed by atoms with Crippen molar-refractivity contribution in [1.82, 2.24) is 15.6 Å². The van der Waals surface area contributed by atoms with Crippen molar-refractivity contribution >= 4 is 5.91 Å². The fourth-order valence-electron chi connectivity index (χ4n) is 3.00. The van der Waals surface area contributed by atoms with Gasteiger partial charge < -0.3 is 10.6 Å². The molecule has 1 fully saturated rings. The van der Waals surface area contributed by atoms with Crippen LogP contribution in [0.25, 0.3) is 0 Å². The summed E-state index contributed by atoms with van der Waals surface area (Å²) in [7, 11) is 0. The van der Waals surface area contributed by atoms with Gasteiger partial charge in [0, 0.05) is 11.6 Å². The molecule has 21 heavy (non-hydrogen) atoms. The van der Waals surface area contributed by atoms with Crippen molar-refractivity contribution in [2.24, 2.45) is 11.3 Å². The van der Waals surface area contributed by atoms with Gasteiger partial charge in [0.25, 0.3) is 0 Å². The Kier molecular flexibility index (Phi) is 5.34. The second-order valence-corrected chi connectivity index (χ2v) is 6.41. The van der Waals surface area contributed by atoms with Gasteiger partial charge in [-0.15, -0.1) is 0 Å². The largest absolute Gasteiger partial charge is 0.350 e. The Morgan fingerprint density at radius 1 is 1.52 bits per heavy atom. The highest BCUT2D eigenvalue weighted by molar-refractivity contribution is 5.82. The fraction of sp³-hybridized carbons (Fsp3) is 0.647. The van der Waals surface area contributed by atoms with Crippen molar-refractivity contribution in [3.8, 4) is 0 Å². The molecule has 1 aliphatic heterocycles. The highest BCUT2D eigenvalue weighted by atomic mass is 16.2. The summed E-state index contributed by atoms with van der Waals surface area (Å²) in [4.78, 5) is 17.0. The van der Waals surface area contributed by atoms with Crippen LogP contribution in [0.1, 0.15) is 44.9 Å². The van der Waals surface area contributed by atoms with Crippen LogP contribution in [-0.2, 0) is 17.8 Å². The Hall–Kier alpha value is -1.42. The molecule has 2 heterocycles. The summed E-state index contributed by atoms with van der Waals surface area (Å²) in [5.74, 6) is 0.532. The smallest absolute Gasteiger partial charge is 0.226 e. The zero-order valence-corrected chi connectivity index (χ0v) is 13.4. The number of hydrogen-bond acceptors (Lipinski definition) is 3. The molecule has 0 aromatic carbocycles. The Balaban J connectivity index is 1.97. The molecule has 4 nitrogen and oxygen atoms in total. The number of carbonyl (C=O) groups is 1. The molecule has 1 unspecified atom stereocenters. The van der Waals surface area contributed by atoms with Gasteiger partial charge >= 0.3 is 0 Å². The highest BCUT2D eigenvalue weighted by Crippen LogP contribution is 2.32. The number of piperidine rings is 1. The summed E-state index contributed by atoms with van der Waals surface area (Å²) in [6.45, 7) is 8.75. The summed E-state index contributed by atoms with van der Waals surface area (Å²) in [5, 5.41) is 6.48. The molecule has 0 saturated carbocycles. The molecule has 1 saturated heterocycles. The molecule has 0 spiro atoms. The average molecular weight is 289 g/mol. The zero-order chi connectivity index (χ0) is 15.3. The first-order valence-corrected chi connectivity index (χ1v) is 7.97. The predicted molar refractivity (Wildman–Crippen MR) is 84.8 cm³/mol. The van der Waals surface area contributed by atoms with E-state index in [-0.39, 0.29) is 11.3 Å². The molecule has 1 atom stereocenters. The number of nitrogens with one attached hydrogen (secondary N) is 2. The number of aryl methyl sites for hydroxylation is 1. The van der Waals surface area contributed by atoms with E-state index in [0.717, 1.165) is 38.0 Å². The third-order valence-electron chi connectivity index (χ3n) is 4.68. The minimum atomic E-state index is -0.339. The molecule has 0 radical (unpaired) electrons. The van der Waals surface area contributed by atoms with Crippen LogP contribution in [0.3, 0.4) is 0 Å². The van der Waals surface area contributed by atoms with Crippen LogP contribution in [0.2, 0.25) is 0 Å². The van der Waals surface area contributed by atoms with Gasteiger partial charge in [0.2, 0.25) is 5.91 Å². The van der Waals surface area contributed by atoms with Crippen molar-refractivity contribution in [2.45, 2.75) is 46.6 Å². The number of pyridine rings is 1. The lowest BCUT2D eigenvalue weighted by atomic mass is 9.74. The van der Waals surface area contributed by atoms with E-state index in [9.17, 15) is 4.79 Å². The molecule has 2 rings (SSSR count).